The van der Waals surface area contributed by atoms with Crippen molar-refractivity contribution >= 4 is 38.2 Å². The maximum Gasteiger partial charge on any atom is 0.161 e. The fourth-order valence-corrected chi connectivity index (χ4v) is 6.46. The number of ketones is 1. The number of nitrogens with one attached hydrogen (secondary N) is 1. The van der Waals surface area contributed by atoms with Crippen molar-refractivity contribution in [2.24, 2.45) is 0 Å². The zero-order chi connectivity index (χ0) is 14.5. The summed E-state index contributed by atoms with van der Waals surface area (Å²) in [4.78, 5) is 13.0. The van der Waals surface area contributed by atoms with Gasteiger partial charge in [0, 0.05) is 16.5 Å². The molecule has 5 nitrogen and oxygen atoms in total. The van der Waals surface area contributed by atoms with Gasteiger partial charge in [-0.25, -0.2) is 8.42 Å². The van der Waals surface area contributed by atoms with Crippen molar-refractivity contribution in [3.8, 4) is 0 Å². The van der Waals surface area contributed by atoms with Crippen LogP contribution in [-0.2, 0) is 9.84 Å². The molecule has 2 atom stereocenters. The Labute approximate surface area is 121 Å². The summed E-state index contributed by atoms with van der Waals surface area (Å²) in [6.45, 7) is 1.50. The van der Waals surface area contributed by atoms with E-state index in [1.807, 2.05) is 0 Å². The van der Waals surface area contributed by atoms with E-state index >= 15 is 0 Å². The van der Waals surface area contributed by atoms with Gasteiger partial charge in [-0.3, -0.25) is 10.2 Å². The van der Waals surface area contributed by atoms with Crippen molar-refractivity contribution in [2.75, 3.05) is 16.4 Å². The van der Waals surface area contributed by atoms with Crippen LogP contribution in [0.4, 0.5) is 5.69 Å². The molecule has 106 valence electrons. The Kier molecular flexibility index (Phi) is 3.13. The summed E-state index contributed by atoms with van der Waals surface area (Å²) >= 11 is 1.31. The molecule has 0 radical (unpaired) electrons. The Morgan fingerprint density at radius 2 is 1.95 bits per heavy atom. The van der Waals surface area contributed by atoms with Crippen LogP contribution in [0.1, 0.15) is 17.3 Å². The molecule has 7 heteroatoms. The van der Waals surface area contributed by atoms with Crippen molar-refractivity contribution in [3.63, 3.8) is 0 Å². The van der Waals surface area contributed by atoms with Crippen LogP contribution >= 0.6 is 11.8 Å². The topological polar surface area (TPSA) is 78.3 Å². The van der Waals surface area contributed by atoms with Gasteiger partial charge in [-0.1, -0.05) is 11.8 Å². The molecule has 2 fully saturated rings. The highest BCUT2D eigenvalue weighted by Crippen LogP contribution is 2.40. The van der Waals surface area contributed by atoms with Crippen LogP contribution in [0.5, 0.6) is 0 Å². The van der Waals surface area contributed by atoms with Gasteiger partial charge in [-0.2, -0.15) is 0 Å². The number of rotatable bonds is 2. The van der Waals surface area contributed by atoms with Gasteiger partial charge < -0.3 is 4.90 Å². The van der Waals surface area contributed by atoms with Crippen LogP contribution in [-0.4, -0.2) is 42.2 Å². The lowest BCUT2D eigenvalue weighted by molar-refractivity contribution is 0.101. The zero-order valence-electron chi connectivity index (χ0n) is 10.9. The van der Waals surface area contributed by atoms with Gasteiger partial charge in [0.2, 0.25) is 0 Å². The molecule has 3 rings (SSSR count). The van der Waals surface area contributed by atoms with Crippen molar-refractivity contribution in [1.29, 1.82) is 5.41 Å². The molecule has 0 unspecified atom stereocenters. The number of hydrogen-bond acceptors (Lipinski definition) is 5. The second-order valence-electron chi connectivity index (χ2n) is 5.08. The number of fused-ring (bicyclic) bond motifs is 1. The van der Waals surface area contributed by atoms with Crippen LogP contribution in [0.2, 0.25) is 0 Å². The number of thioether (sulfide) groups is 1. The normalized spacial score (nSPS) is 27.6. The summed E-state index contributed by atoms with van der Waals surface area (Å²) < 4.78 is 23.4. The highest BCUT2D eigenvalue weighted by atomic mass is 32.2. The summed E-state index contributed by atoms with van der Waals surface area (Å²) in [5.41, 5.74) is 1.39. The first-order valence-corrected chi connectivity index (χ1v) is 8.93. The number of amidine groups is 1. The number of hydrogen-bond donors (Lipinski definition) is 1. The Morgan fingerprint density at radius 1 is 1.30 bits per heavy atom. The van der Waals surface area contributed by atoms with Crippen LogP contribution < -0.4 is 4.90 Å². The van der Waals surface area contributed by atoms with Gasteiger partial charge >= 0.3 is 0 Å². The van der Waals surface area contributed by atoms with Gasteiger partial charge in [-0.05, 0) is 31.2 Å². The van der Waals surface area contributed by atoms with E-state index in [9.17, 15) is 13.2 Å². The number of nitrogens with zero attached hydrogens (tertiary/aromatic N) is 1. The first-order chi connectivity index (χ1) is 9.37. The minimum Gasteiger partial charge on any atom is -0.316 e. The lowest BCUT2D eigenvalue weighted by atomic mass is 10.1. The fourth-order valence-electron chi connectivity index (χ4n) is 2.67. The molecule has 0 aromatic heterocycles. The second kappa shape index (κ2) is 4.60. The number of Topliss-reactive ketones (excluding diaryl/α,β-unsaturated/α-hetero) is 1. The number of carbonyl (C=O) groups is 1. The number of benzene rings is 1. The fraction of sp³-hybridized carbons (Fsp3) is 0.385. The van der Waals surface area contributed by atoms with E-state index in [-0.39, 0.29) is 28.6 Å². The van der Waals surface area contributed by atoms with Crippen molar-refractivity contribution in [3.05, 3.63) is 29.8 Å². The Morgan fingerprint density at radius 3 is 2.55 bits per heavy atom. The molecular weight excluding hydrogens is 296 g/mol. The van der Waals surface area contributed by atoms with Gasteiger partial charge in [0.25, 0.3) is 0 Å². The summed E-state index contributed by atoms with van der Waals surface area (Å²) in [7, 11) is -3.00. The van der Waals surface area contributed by atoms with E-state index in [1.165, 1.54) is 18.7 Å². The van der Waals surface area contributed by atoms with Crippen molar-refractivity contribution < 1.29 is 13.2 Å². The van der Waals surface area contributed by atoms with Crippen molar-refractivity contribution in [1.82, 2.24) is 0 Å². The first-order valence-electron chi connectivity index (χ1n) is 6.23. The summed E-state index contributed by atoms with van der Waals surface area (Å²) in [6.07, 6.45) is 0. The minimum atomic E-state index is -3.00. The largest absolute Gasteiger partial charge is 0.316 e. The molecular formula is C13H14N2O3S2. The van der Waals surface area contributed by atoms with E-state index in [0.717, 1.165) is 5.69 Å². The molecule has 20 heavy (non-hydrogen) atoms. The predicted octanol–water partition coefficient (Wildman–Crippen LogP) is 1.54. The molecule has 0 amide bonds. The molecule has 0 saturated carbocycles. The molecule has 0 aliphatic carbocycles. The summed E-state index contributed by atoms with van der Waals surface area (Å²) in [6, 6.07) is 6.82. The average Bonchev–Trinajstić information content (AvgIpc) is 2.79. The van der Waals surface area contributed by atoms with Crippen LogP contribution in [0.15, 0.2) is 24.3 Å². The molecule has 1 N–H and O–H groups in total. The molecule has 2 saturated heterocycles. The zero-order valence-corrected chi connectivity index (χ0v) is 12.5. The van der Waals surface area contributed by atoms with E-state index in [4.69, 9.17) is 5.41 Å². The second-order valence-corrected chi connectivity index (χ2v) is 8.46. The van der Waals surface area contributed by atoms with Gasteiger partial charge in [-0.15, -0.1) is 0 Å². The number of anilines is 1. The first kappa shape index (κ1) is 13.6. The Balaban J connectivity index is 1.93. The van der Waals surface area contributed by atoms with Gasteiger partial charge in [0.05, 0.1) is 17.5 Å². The summed E-state index contributed by atoms with van der Waals surface area (Å²) in [5.74, 6) is 0.234. The van der Waals surface area contributed by atoms with Crippen LogP contribution in [0.3, 0.4) is 0 Å². The van der Waals surface area contributed by atoms with E-state index in [2.05, 4.69) is 0 Å². The molecule has 2 heterocycles. The maximum absolute atomic E-state index is 11.7. The van der Waals surface area contributed by atoms with Crippen LogP contribution in [0, 0.1) is 5.41 Å². The summed E-state index contributed by atoms with van der Waals surface area (Å²) in [5, 5.41) is 8.36. The van der Waals surface area contributed by atoms with E-state index < -0.39 is 9.84 Å². The number of carbonyl (C=O) groups excluding carboxylic acids is 1. The Bertz CT molecular complexity index is 682. The highest BCUT2D eigenvalue weighted by Gasteiger charge is 2.48. The molecule has 2 aliphatic rings. The molecule has 0 spiro atoms. The molecule has 2 aliphatic heterocycles. The monoisotopic (exact) mass is 310 g/mol. The quantitative estimate of drug-likeness (QED) is 0.838. The predicted molar refractivity (Wildman–Crippen MR) is 80.5 cm³/mol. The standard InChI is InChI=1S/C13H14N2O3S2/c1-8(16)9-2-4-10(5-3-9)15-11-6-20(17,18)7-12(11)19-13(15)14/h2-5,11-12,14H,6-7H2,1H3/t11-,12+/m1/s1. The third-order valence-electron chi connectivity index (χ3n) is 3.64. The third-order valence-corrected chi connectivity index (χ3v) is 6.77. The van der Waals surface area contributed by atoms with Crippen molar-refractivity contribution in [2.45, 2.75) is 18.2 Å². The minimum absolute atomic E-state index is 0.0104. The lowest BCUT2D eigenvalue weighted by Crippen LogP contribution is -2.37. The molecule has 1 aromatic carbocycles. The van der Waals surface area contributed by atoms with Gasteiger partial charge in [0.15, 0.2) is 20.8 Å². The SMILES string of the molecule is CC(=O)c1ccc(N2C(=N)S[C@H]3CS(=O)(=O)C[C@H]32)cc1. The van der Waals surface area contributed by atoms with E-state index in [1.54, 1.807) is 29.2 Å². The van der Waals surface area contributed by atoms with Crippen LogP contribution in [0.25, 0.3) is 0 Å². The van der Waals surface area contributed by atoms with Gasteiger partial charge in [0.1, 0.15) is 0 Å². The lowest BCUT2D eigenvalue weighted by Gasteiger charge is -2.23. The Hall–Kier alpha value is -1.34. The average molecular weight is 310 g/mol. The molecule has 1 aromatic rings. The van der Waals surface area contributed by atoms with E-state index in [0.29, 0.717) is 10.7 Å². The smallest absolute Gasteiger partial charge is 0.161 e. The highest BCUT2D eigenvalue weighted by molar-refractivity contribution is 8.15. The third kappa shape index (κ3) is 2.25. The number of sulfone groups is 1. The molecule has 0 bridgehead atoms. The maximum atomic E-state index is 11.7.